The van der Waals surface area contributed by atoms with Crippen LogP contribution in [0.3, 0.4) is 0 Å². The van der Waals surface area contributed by atoms with Gasteiger partial charge in [-0.05, 0) is 52.2 Å². The fourth-order valence-corrected chi connectivity index (χ4v) is 3.98. The molecule has 1 saturated heterocycles. The Morgan fingerprint density at radius 2 is 2.03 bits per heavy atom. The summed E-state index contributed by atoms with van der Waals surface area (Å²) in [5.41, 5.74) is 3.34. The normalized spacial score (nSPS) is 18.9. The lowest BCUT2D eigenvalue weighted by Gasteiger charge is -2.39. The molecule has 7 nitrogen and oxygen atoms in total. The van der Waals surface area contributed by atoms with Crippen LogP contribution in [-0.2, 0) is 16.1 Å². The Balaban J connectivity index is 1.52. The van der Waals surface area contributed by atoms with Crippen LogP contribution in [0.4, 0.5) is 0 Å². The molecule has 1 aromatic carbocycles. The lowest BCUT2D eigenvalue weighted by Crippen LogP contribution is -2.52. The summed E-state index contributed by atoms with van der Waals surface area (Å²) in [7, 11) is 0. The Hall–Kier alpha value is -2.83. The van der Waals surface area contributed by atoms with E-state index in [0.717, 1.165) is 41.1 Å². The Bertz CT molecular complexity index is 888. The van der Waals surface area contributed by atoms with Gasteiger partial charge in [0.25, 0.3) is 0 Å². The molecule has 2 heterocycles. The molecule has 0 spiro atoms. The van der Waals surface area contributed by atoms with E-state index in [9.17, 15) is 9.59 Å². The van der Waals surface area contributed by atoms with E-state index in [2.05, 4.69) is 15.5 Å². The molecule has 1 aromatic heterocycles. The minimum atomic E-state index is -0.587. The Morgan fingerprint density at radius 1 is 1.27 bits per heavy atom. The number of rotatable bonds is 7. The highest BCUT2D eigenvalue weighted by molar-refractivity contribution is 5.84. The fraction of sp³-hybridized carbons (Fsp3) is 0.522. The van der Waals surface area contributed by atoms with Gasteiger partial charge in [-0.3, -0.25) is 14.7 Å². The van der Waals surface area contributed by atoms with Crippen molar-refractivity contribution < 1.29 is 14.3 Å². The highest BCUT2D eigenvalue weighted by Crippen LogP contribution is 2.30. The van der Waals surface area contributed by atoms with Gasteiger partial charge in [-0.1, -0.05) is 18.2 Å². The molecule has 2 N–H and O–H groups in total. The number of carbonyl (C=O) groups excluding carboxylic acids is 2. The second kappa shape index (κ2) is 9.32. The Kier molecular flexibility index (Phi) is 6.80. The topological polar surface area (TPSA) is 87.3 Å². The number of H-pyrrole nitrogens is 1. The van der Waals surface area contributed by atoms with Crippen LogP contribution in [0.25, 0.3) is 0 Å². The number of benzene rings is 1. The van der Waals surface area contributed by atoms with E-state index in [1.807, 2.05) is 52.0 Å². The molecule has 3 rings (SSSR count). The van der Waals surface area contributed by atoms with Gasteiger partial charge in [-0.15, -0.1) is 0 Å². The largest absolute Gasteiger partial charge is 0.493 e. The molecule has 0 saturated carbocycles. The molecule has 1 unspecified atom stereocenters. The second-order valence-corrected chi connectivity index (χ2v) is 8.44. The van der Waals surface area contributed by atoms with Crippen LogP contribution >= 0.6 is 0 Å². The molecule has 30 heavy (non-hydrogen) atoms. The zero-order chi connectivity index (χ0) is 21.7. The summed E-state index contributed by atoms with van der Waals surface area (Å²) in [6.45, 7) is 9.70. The molecule has 2 aromatic rings. The van der Waals surface area contributed by atoms with E-state index in [0.29, 0.717) is 32.7 Å². The summed E-state index contributed by atoms with van der Waals surface area (Å²) in [5.74, 6) is 0.818. The van der Waals surface area contributed by atoms with Gasteiger partial charge < -0.3 is 15.0 Å². The summed E-state index contributed by atoms with van der Waals surface area (Å²) >= 11 is 0. The number of piperidine rings is 1. The average Bonchev–Trinajstić information content (AvgIpc) is 3.05. The fourth-order valence-electron chi connectivity index (χ4n) is 3.98. The number of hydrogen-bond acceptors (Lipinski definition) is 4. The number of aromatic amines is 1. The molecule has 1 atom stereocenters. The van der Waals surface area contributed by atoms with Crippen molar-refractivity contribution in [2.24, 2.45) is 5.41 Å². The van der Waals surface area contributed by atoms with Crippen LogP contribution in [0.1, 0.15) is 48.7 Å². The number of ether oxygens (including phenoxy) is 1. The van der Waals surface area contributed by atoms with Crippen molar-refractivity contribution >= 4 is 11.8 Å². The molecule has 0 aliphatic carbocycles. The first-order chi connectivity index (χ1) is 14.3. The van der Waals surface area contributed by atoms with Gasteiger partial charge in [0.2, 0.25) is 11.8 Å². The molecule has 7 heteroatoms. The zero-order valence-electron chi connectivity index (χ0n) is 18.4. The molecular weight excluding hydrogens is 380 g/mol. The molecule has 1 aliphatic heterocycles. The number of para-hydroxylation sites is 1. The monoisotopic (exact) mass is 412 g/mol. The summed E-state index contributed by atoms with van der Waals surface area (Å²) < 4.78 is 5.76. The standard InChI is InChI=1S/C23H32N4O3/c1-16-8-5-6-9-20(16)30-13-10-21(28)27-12-7-11-23(4,15-27)22(29)24-14-19-17(2)25-26-18(19)3/h5-6,8-9H,7,10-15H2,1-4H3,(H,24,29)(H,25,26). The van der Waals surface area contributed by atoms with Crippen molar-refractivity contribution in [2.75, 3.05) is 19.7 Å². The number of likely N-dealkylation sites (tertiary alicyclic amines) is 1. The van der Waals surface area contributed by atoms with E-state index >= 15 is 0 Å². The lowest BCUT2D eigenvalue weighted by atomic mass is 9.80. The first kappa shape index (κ1) is 21.9. The van der Waals surface area contributed by atoms with Gasteiger partial charge in [0.1, 0.15) is 5.75 Å². The Labute approximate surface area is 178 Å². The van der Waals surface area contributed by atoms with Crippen LogP contribution in [-0.4, -0.2) is 46.6 Å². The van der Waals surface area contributed by atoms with Crippen molar-refractivity contribution in [1.82, 2.24) is 20.4 Å². The zero-order valence-corrected chi connectivity index (χ0v) is 18.4. The van der Waals surface area contributed by atoms with Crippen LogP contribution in [0.5, 0.6) is 5.75 Å². The summed E-state index contributed by atoms with van der Waals surface area (Å²) in [5, 5.41) is 10.2. The number of nitrogens with one attached hydrogen (secondary N) is 2. The third-order valence-electron chi connectivity index (χ3n) is 5.97. The molecule has 0 radical (unpaired) electrons. The number of nitrogens with zero attached hydrogens (tertiary/aromatic N) is 2. The quantitative estimate of drug-likeness (QED) is 0.732. The summed E-state index contributed by atoms with van der Waals surface area (Å²) in [6.07, 6.45) is 1.89. The minimum absolute atomic E-state index is 0.0174. The van der Waals surface area contributed by atoms with Crippen molar-refractivity contribution in [3.8, 4) is 5.75 Å². The number of amides is 2. The number of hydrogen-bond donors (Lipinski definition) is 2. The van der Waals surface area contributed by atoms with E-state index in [-0.39, 0.29) is 11.8 Å². The van der Waals surface area contributed by atoms with Crippen LogP contribution in [0.15, 0.2) is 24.3 Å². The lowest BCUT2D eigenvalue weighted by molar-refractivity contribution is -0.141. The number of carbonyl (C=O) groups is 2. The second-order valence-electron chi connectivity index (χ2n) is 8.44. The maximum absolute atomic E-state index is 12.9. The van der Waals surface area contributed by atoms with Gasteiger partial charge in [0, 0.05) is 30.9 Å². The van der Waals surface area contributed by atoms with Gasteiger partial charge >= 0.3 is 0 Å². The minimum Gasteiger partial charge on any atom is -0.493 e. The van der Waals surface area contributed by atoms with E-state index < -0.39 is 5.41 Å². The van der Waals surface area contributed by atoms with Gasteiger partial charge in [0.05, 0.1) is 24.1 Å². The maximum atomic E-state index is 12.9. The van der Waals surface area contributed by atoms with Gasteiger partial charge in [0.15, 0.2) is 0 Å². The SMILES string of the molecule is Cc1ccccc1OCCC(=O)N1CCCC(C)(C(=O)NCc2c(C)n[nH]c2C)C1. The van der Waals surface area contributed by atoms with Crippen molar-refractivity contribution in [3.05, 3.63) is 46.8 Å². The summed E-state index contributed by atoms with van der Waals surface area (Å²) in [4.78, 5) is 27.5. The molecule has 162 valence electrons. The highest BCUT2D eigenvalue weighted by Gasteiger charge is 2.39. The van der Waals surface area contributed by atoms with Gasteiger partial charge in [-0.25, -0.2) is 0 Å². The van der Waals surface area contributed by atoms with Crippen molar-refractivity contribution in [2.45, 2.75) is 53.5 Å². The highest BCUT2D eigenvalue weighted by atomic mass is 16.5. The summed E-state index contributed by atoms with van der Waals surface area (Å²) in [6, 6.07) is 7.78. The third-order valence-corrected chi connectivity index (χ3v) is 5.97. The first-order valence-corrected chi connectivity index (χ1v) is 10.5. The molecule has 0 bridgehead atoms. The molecule has 1 fully saturated rings. The predicted octanol–water partition coefficient (Wildman–Crippen LogP) is 3.05. The van der Waals surface area contributed by atoms with Gasteiger partial charge in [-0.2, -0.15) is 5.10 Å². The predicted molar refractivity (Wildman–Crippen MR) is 115 cm³/mol. The molecular formula is C23H32N4O3. The van der Waals surface area contributed by atoms with Crippen molar-refractivity contribution in [3.63, 3.8) is 0 Å². The average molecular weight is 413 g/mol. The molecule has 1 aliphatic rings. The third kappa shape index (κ3) is 5.01. The van der Waals surface area contributed by atoms with E-state index in [4.69, 9.17) is 4.74 Å². The van der Waals surface area contributed by atoms with E-state index in [1.54, 1.807) is 4.90 Å². The van der Waals surface area contributed by atoms with Crippen molar-refractivity contribution in [1.29, 1.82) is 0 Å². The maximum Gasteiger partial charge on any atom is 0.227 e. The van der Waals surface area contributed by atoms with Crippen LogP contribution < -0.4 is 10.1 Å². The smallest absolute Gasteiger partial charge is 0.227 e. The molecule has 2 amide bonds. The Morgan fingerprint density at radius 3 is 2.73 bits per heavy atom. The van der Waals surface area contributed by atoms with Crippen LogP contribution in [0.2, 0.25) is 0 Å². The van der Waals surface area contributed by atoms with Crippen LogP contribution in [0, 0.1) is 26.2 Å². The first-order valence-electron chi connectivity index (χ1n) is 10.5. The number of aromatic nitrogens is 2. The van der Waals surface area contributed by atoms with E-state index in [1.165, 1.54) is 0 Å². The number of aryl methyl sites for hydroxylation is 3.